The molecule has 0 bridgehead atoms. The van der Waals surface area contributed by atoms with E-state index in [-0.39, 0.29) is 0 Å². The van der Waals surface area contributed by atoms with E-state index in [1.807, 2.05) is 0 Å². The zero-order valence-electron chi connectivity index (χ0n) is 11.9. The average Bonchev–Trinajstić information content (AvgIpc) is 2.37. The van der Waals surface area contributed by atoms with Crippen LogP contribution in [-0.2, 0) is 10.2 Å². The molecule has 0 aliphatic rings. The van der Waals surface area contributed by atoms with Crippen LogP contribution in [0.1, 0.15) is 19.8 Å². The fourth-order valence-corrected chi connectivity index (χ4v) is 2.77. The molecular weight excluding hydrogens is 298 g/mol. The van der Waals surface area contributed by atoms with E-state index in [9.17, 15) is 8.42 Å². The Bertz CT molecular complexity index is 508. The topological polar surface area (TPSA) is 61.4 Å². The largest absolute Gasteiger partial charge is 0.317 e. The van der Waals surface area contributed by atoms with Gasteiger partial charge in [-0.3, -0.25) is 4.72 Å². The highest BCUT2D eigenvalue weighted by molar-refractivity contribution is 7.90. The number of benzene rings is 1. The van der Waals surface area contributed by atoms with Crippen LogP contribution in [0, 0.1) is 0 Å². The Morgan fingerprint density at radius 2 is 2.05 bits per heavy atom. The van der Waals surface area contributed by atoms with Crippen molar-refractivity contribution in [2.45, 2.75) is 19.8 Å². The smallest absolute Gasteiger partial charge is 0.301 e. The minimum atomic E-state index is -3.53. The third kappa shape index (κ3) is 6.09. The molecule has 0 saturated carbocycles. The maximum Gasteiger partial charge on any atom is 0.301 e. The number of hydrogen-bond acceptors (Lipinski definition) is 3. The van der Waals surface area contributed by atoms with Gasteiger partial charge in [0.1, 0.15) is 0 Å². The van der Waals surface area contributed by atoms with Gasteiger partial charge in [0.15, 0.2) is 0 Å². The summed E-state index contributed by atoms with van der Waals surface area (Å²) < 4.78 is 28.0. The quantitative estimate of drug-likeness (QED) is 0.687. The van der Waals surface area contributed by atoms with E-state index in [4.69, 9.17) is 11.6 Å². The average molecular weight is 320 g/mol. The van der Waals surface area contributed by atoms with Crippen LogP contribution < -0.4 is 10.0 Å². The lowest BCUT2D eigenvalue weighted by molar-refractivity contribution is 0.458. The van der Waals surface area contributed by atoms with Crippen molar-refractivity contribution in [1.29, 1.82) is 0 Å². The first-order chi connectivity index (χ1) is 9.45. The number of nitrogens with one attached hydrogen (secondary N) is 2. The zero-order chi connectivity index (χ0) is 15.0. The Kier molecular flexibility index (Phi) is 7.29. The molecule has 1 aromatic rings. The van der Waals surface area contributed by atoms with E-state index < -0.39 is 10.2 Å². The Balaban J connectivity index is 2.47. The van der Waals surface area contributed by atoms with Gasteiger partial charge in [0.05, 0.1) is 5.69 Å². The lowest BCUT2D eigenvalue weighted by atomic mass is 10.3. The number of anilines is 1. The van der Waals surface area contributed by atoms with Crippen molar-refractivity contribution in [1.82, 2.24) is 9.62 Å². The number of rotatable bonds is 9. The number of halogens is 1. The molecule has 114 valence electrons. The van der Waals surface area contributed by atoms with Gasteiger partial charge in [0, 0.05) is 18.6 Å². The van der Waals surface area contributed by atoms with Crippen molar-refractivity contribution in [3.8, 4) is 0 Å². The maximum absolute atomic E-state index is 12.1. The predicted octanol–water partition coefficient (Wildman–Crippen LogP) is 2.32. The summed E-state index contributed by atoms with van der Waals surface area (Å²) in [4.78, 5) is 0. The molecular formula is C13H22ClN3O2S. The monoisotopic (exact) mass is 319 g/mol. The van der Waals surface area contributed by atoms with Crippen LogP contribution in [0.2, 0.25) is 5.02 Å². The van der Waals surface area contributed by atoms with Crippen molar-refractivity contribution in [3.63, 3.8) is 0 Å². The maximum atomic E-state index is 12.1. The minimum Gasteiger partial charge on any atom is -0.317 e. The molecule has 0 amide bonds. The van der Waals surface area contributed by atoms with Gasteiger partial charge >= 0.3 is 10.2 Å². The summed E-state index contributed by atoms with van der Waals surface area (Å²) in [5.41, 5.74) is 0.466. The molecule has 0 radical (unpaired) electrons. The molecule has 1 rings (SSSR count). The second-order valence-corrected chi connectivity index (χ2v) is 6.76. The fourth-order valence-electron chi connectivity index (χ4n) is 1.63. The molecule has 0 spiro atoms. The molecule has 1 aromatic carbocycles. The molecule has 5 nitrogen and oxygen atoms in total. The third-order valence-electron chi connectivity index (χ3n) is 2.74. The second kappa shape index (κ2) is 8.46. The highest BCUT2D eigenvalue weighted by atomic mass is 35.5. The Morgan fingerprint density at radius 3 is 2.70 bits per heavy atom. The SMILES string of the molecule is CCCNCCCN(C)S(=O)(=O)Nc1cccc(Cl)c1. The van der Waals surface area contributed by atoms with E-state index in [1.165, 1.54) is 4.31 Å². The van der Waals surface area contributed by atoms with Crippen LogP contribution in [-0.4, -0.2) is 39.4 Å². The van der Waals surface area contributed by atoms with E-state index in [0.717, 1.165) is 25.9 Å². The standard InChI is InChI=1S/C13H22ClN3O2S/c1-3-8-15-9-5-10-17(2)20(18,19)16-13-7-4-6-12(14)11-13/h4,6-7,11,15-16H,3,5,8-10H2,1-2H3. The molecule has 0 fully saturated rings. The normalized spacial score (nSPS) is 11.8. The Morgan fingerprint density at radius 1 is 1.30 bits per heavy atom. The number of hydrogen-bond donors (Lipinski definition) is 2. The highest BCUT2D eigenvalue weighted by Gasteiger charge is 2.16. The van der Waals surface area contributed by atoms with E-state index >= 15 is 0 Å². The highest BCUT2D eigenvalue weighted by Crippen LogP contribution is 2.16. The van der Waals surface area contributed by atoms with Crippen molar-refractivity contribution in [3.05, 3.63) is 29.3 Å². The van der Waals surface area contributed by atoms with Crippen LogP contribution in [0.25, 0.3) is 0 Å². The fraction of sp³-hybridized carbons (Fsp3) is 0.538. The molecule has 0 saturated heterocycles. The first kappa shape index (κ1) is 17.2. The molecule has 0 heterocycles. The van der Waals surface area contributed by atoms with Crippen LogP contribution >= 0.6 is 11.6 Å². The van der Waals surface area contributed by atoms with Gasteiger partial charge in [-0.15, -0.1) is 0 Å². The van der Waals surface area contributed by atoms with Gasteiger partial charge in [-0.05, 0) is 44.1 Å². The van der Waals surface area contributed by atoms with Gasteiger partial charge in [-0.2, -0.15) is 12.7 Å². The summed E-state index contributed by atoms with van der Waals surface area (Å²) in [6, 6.07) is 6.65. The molecule has 20 heavy (non-hydrogen) atoms. The van der Waals surface area contributed by atoms with Crippen LogP contribution in [0.15, 0.2) is 24.3 Å². The zero-order valence-corrected chi connectivity index (χ0v) is 13.5. The number of nitrogens with zero attached hydrogens (tertiary/aromatic N) is 1. The summed E-state index contributed by atoms with van der Waals surface area (Å²) in [5.74, 6) is 0. The Hall–Kier alpha value is -0.820. The lowest BCUT2D eigenvalue weighted by Crippen LogP contribution is -2.34. The summed E-state index contributed by atoms with van der Waals surface area (Å²) >= 11 is 5.83. The van der Waals surface area contributed by atoms with Gasteiger partial charge in [0.25, 0.3) is 0 Å². The van der Waals surface area contributed by atoms with Gasteiger partial charge in [-0.25, -0.2) is 0 Å². The lowest BCUT2D eigenvalue weighted by Gasteiger charge is -2.18. The summed E-state index contributed by atoms with van der Waals surface area (Å²) in [5, 5.41) is 3.74. The van der Waals surface area contributed by atoms with Crippen LogP contribution in [0.5, 0.6) is 0 Å². The molecule has 0 aromatic heterocycles. The molecule has 7 heteroatoms. The van der Waals surface area contributed by atoms with Gasteiger partial charge in [-0.1, -0.05) is 24.6 Å². The van der Waals surface area contributed by atoms with Crippen molar-refractivity contribution < 1.29 is 8.42 Å². The minimum absolute atomic E-state index is 0.465. The first-order valence-electron chi connectivity index (χ1n) is 6.66. The molecule has 2 N–H and O–H groups in total. The van der Waals surface area contributed by atoms with E-state index in [2.05, 4.69) is 17.0 Å². The summed E-state index contributed by atoms with van der Waals surface area (Å²) in [7, 11) is -1.96. The van der Waals surface area contributed by atoms with E-state index in [0.29, 0.717) is 17.3 Å². The van der Waals surface area contributed by atoms with Crippen LogP contribution in [0.3, 0.4) is 0 Å². The van der Waals surface area contributed by atoms with Crippen molar-refractivity contribution in [2.24, 2.45) is 0 Å². The second-order valence-electron chi connectivity index (χ2n) is 4.54. The first-order valence-corrected chi connectivity index (χ1v) is 8.48. The summed E-state index contributed by atoms with van der Waals surface area (Å²) in [6.07, 6.45) is 1.84. The van der Waals surface area contributed by atoms with Crippen molar-refractivity contribution >= 4 is 27.5 Å². The summed E-state index contributed by atoms with van der Waals surface area (Å²) in [6.45, 7) is 4.33. The van der Waals surface area contributed by atoms with Gasteiger partial charge < -0.3 is 5.32 Å². The third-order valence-corrected chi connectivity index (χ3v) is 4.47. The van der Waals surface area contributed by atoms with Gasteiger partial charge in [0.2, 0.25) is 0 Å². The predicted molar refractivity (Wildman–Crippen MR) is 84.4 cm³/mol. The molecule has 0 aliphatic heterocycles. The van der Waals surface area contributed by atoms with Crippen LogP contribution in [0.4, 0.5) is 5.69 Å². The van der Waals surface area contributed by atoms with Crippen molar-refractivity contribution in [2.75, 3.05) is 31.4 Å². The molecule has 0 atom stereocenters. The Labute approximate surface area is 126 Å². The van der Waals surface area contributed by atoms with E-state index in [1.54, 1.807) is 31.3 Å². The molecule has 0 unspecified atom stereocenters. The molecule has 0 aliphatic carbocycles.